The number of anilines is 1. The molecule has 0 spiro atoms. The van der Waals surface area contributed by atoms with Crippen LogP contribution in [-0.4, -0.2) is 24.4 Å². The van der Waals surface area contributed by atoms with Crippen LogP contribution < -0.4 is 5.32 Å². The van der Waals surface area contributed by atoms with E-state index in [0.717, 1.165) is 5.56 Å². The van der Waals surface area contributed by atoms with Gasteiger partial charge >= 0.3 is 5.97 Å². The number of hydrogen-bond donors (Lipinski definition) is 1. The molecule has 0 radical (unpaired) electrons. The third-order valence-corrected chi connectivity index (χ3v) is 3.14. The fourth-order valence-corrected chi connectivity index (χ4v) is 2.08. The van der Waals surface area contributed by atoms with E-state index < -0.39 is 5.97 Å². The van der Waals surface area contributed by atoms with Gasteiger partial charge in [0.25, 0.3) is 0 Å². The number of hydrogen-bond acceptors (Lipinski definition) is 4. The molecule has 16 heavy (non-hydrogen) atoms. The number of aryl methyl sites for hydroxylation is 1. The maximum absolute atomic E-state index is 11.6. The molecule has 88 valence electrons. The van der Waals surface area contributed by atoms with Crippen LogP contribution in [0.25, 0.3) is 0 Å². The van der Waals surface area contributed by atoms with Crippen LogP contribution in [0.3, 0.4) is 0 Å². The Morgan fingerprint density at radius 2 is 2.25 bits per heavy atom. The standard InChI is InChI=1S/C10H12ClNO3S/c1-3-15-10(14)9-8(6(2)5-16-9)12-7(13)4-11/h5H,3-4H2,1-2H3,(H,12,13). The lowest BCUT2D eigenvalue weighted by Crippen LogP contribution is -2.15. The number of ether oxygens (including phenoxy) is 1. The number of halogens is 1. The summed E-state index contributed by atoms with van der Waals surface area (Å²) in [6, 6.07) is 0. The maximum atomic E-state index is 11.6. The fraction of sp³-hybridized carbons (Fsp3) is 0.400. The Kier molecular flexibility index (Phi) is 4.76. The number of carbonyl (C=O) groups excluding carboxylic acids is 2. The normalized spacial score (nSPS) is 9.94. The minimum atomic E-state index is -0.425. The lowest BCUT2D eigenvalue weighted by molar-refractivity contribution is -0.113. The van der Waals surface area contributed by atoms with E-state index in [2.05, 4.69) is 5.32 Å². The molecule has 0 aromatic carbocycles. The minimum absolute atomic E-state index is 0.141. The van der Waals surface area contributed by atoms with Gasteiger partial charge in [-0.3, -0.25) is 4.79 Å². The molecule has 0 atom stereocenters. The molecule has 0 fully saturated rings. The van der Waals surface area contributed by atoms with E-state index in [4.69, 9.17) is 16.3 Å². The number of esters is 1. The van der Waals surface area contributed by atoms with Gasteiger partial charge in [-0.25, -0.2) is 4.79 Å². The first kappa shape index (κ1) is 13.0. The topological polar surface area (TPSA) is 55.4 Å². The van der Waals surface area contributed by atoms with Crippen LogP contribution in [-0.2, 0) is 9.53 Å². The zero-order chi connectivity index (χ0) is 12.1. The van der Waals surface area contributed by atoms with Crippen molar-refractivity contribution in [3.05, 3.63) is 15.8 Å². The molecule has 0 saturated carbocycles. The van der Waals surface area contributed by atoms with Crippen LogP contribution in [0.5, 0.6) is 0 Å². The van der Waals surface area contributed by atoms with Gasteiger partial charge < -0.3 is 10.1 Å². The molecule has 0 bridgehead atoms. The third kappa shape index (κ3) is 2.96. The van der Waals surface area contributed by atoms with E-state index in [1.54, 1.807) is 12.3 Å². The smallest absolute Gasteiger partial charge is 0.350 e. The zero-order valence-corrected chi connectivity index (χ0v) is 10.6. The predicted octanol–water partition coefficient (Wildman–Crippen LogP) is 2.41. The molecule has 0 aliphatic rings. The minimum Gasteiger partial charge on any atom is -0.462 e. The number of thiophene rings is 1. The van der Waals surface area contributed by atoms with Crippen LogP contribution in [0.1, 0.15) is 22.2 Å². The van der Waals surface area contributed by atoms with Crippen molar-refractivity contribution >= 4 is 40.5 Å². The molecule has 4 nitrogen and oxygen atoms in total. The fourth-order valence-electron chi connectivity index (χ4n) is 1.12. The van der Waals surface area contributed by atoms with Crippen molar-refractivity contribution in [3.63, 3.8) is 0 Å². The van der Waals surface area contributed by atoms with Gasteiger partial charge in [0.05, 0.1) is 12.3 Å². The molecule has 6 heteroatoms. The summed E-state index contributed by atoms with van der Waals surface area (Å²) >= 11 is 6.63. The number of amides is 1. The van der Waals surface area contributed by atoms with E-state index in [-0.39, 0.29) is 11.8 Å². The summed E-state index contributed by atoms with van der Waals surface area (Å²) < 4.78 is 4.88. The Bertz CT molecular complexity index is 403. The van der Waals surface area contributed by atoms with Crippen LogP contribution in [0.15, 0.2) is 5.38 Å². The molecule has 1 heterocycles. The molecule has 1 aromatic rings. The first-order valence-electron chi connectivity index (χ1n) is 4.71. The molecule has 1 aromatic heterocycles. The van der Waals surface area contributed by atoms with E-state index in [0.29, 0.717) is 17.2 Å². The average molecular weight is 262 g/mol. The largest absolute Gasteiger partial charge is 0.462 e. The van der Waals surface area contributed by atoms with Gasteiger partial charge in [0, 0.05) is 0 Å². The second kappa shape index (κ2) is 5.86. The summed E-state index contributed by atoms with van der Waals surface area (Å²) in [6.07, 6.45) is 0. The van der Waals surface area contributed by atoms with Gasteiger partial charge in [-0.1, -0.05) is 0 Å². The summed E-state index contributed by atoms with van der Waals surface area (Å²) in [7, 11) is 0. The zero-order valence-electron chi connectivity index (χ0n) is 9.00. The van der Waals surface area contributed by atoms with Gasteiger partial charge in [-0.2, -0.15) is 0 Å². The second-order valence-electron chi connectivity index (χ2n) is 3.03. The second-order valence-corrected chi connectivity index (χ2v) is 4.17. The van der Waals surface area contributed by atoms with Crippen molar-refractivity contribution in [2.45, 2.75) is 13.8 Å². The highest BCUT2D eigenvalue weighted by atomic mass is 35.5. The van der Waals surface area contributed by atoms with Gasteiger partial charge in [-0.05, 0) is 24.8 Å². The van der Waals surface area contributed by atoms with Gasteiger partial charge in [-0.15, -0.1) is 22.9 Å². The third-order valence-electron chi connectivity index (χ3n) is 1.82. The molecule has 0 saturated heterocycles. The Hall–Kier alpha value is -1.07. The number of nitrogens with one attached hydrogen (secondary N) is 1. The van der Waals surface area contributed by atoms with Crippen LogP contribution in [0.2, 0.25) is 0 Å². The average Bonchev–Trinajstić information content (AvgIpc) is 2.61. The summed E-state index contributed by atoms with van der Waals surface area (Å²) in [6.45, 7) is 3.84. The highest BCUT2D eigenvalue weighted by Crippen LogP contribution is 2.28. The lowest BCUT2D eigenvalue weighted by atomic mass is 10.2. The Labute approximate surface area is 103 Å². The van der Waals surface area contributed by atoms with Gasteiger partial charge in [0.15, 0.2) is 0 Å². The SMILES string of the molecule is CCOC(=O)c1scc(C)c1NC(=O)CCl. The van der Waals surface area contributed by atoms with Crippen molar-refractivity contribution in [2.75, 3.05) is 17.8 Å². The summed E-state index contributed by atoms with van der Waals surface area (Å²) in [5.41, 5.74) is 1.32. The summed E-state index contributed by atoms with van der Waals surface area (Å²) in [4.78, 5) is 23.1. The van der Waals surface area contributed by atoms with E-state index in [9.17, 15) is 9.59 Å². The van der Waals surface area contributed by atoms with Crippen molar-refractivity contribution in [3.8, 4) is 0 Å². The molecule has 1 N–H and O–H groups in total. The Morgan fingerprint density at radius 3 is 2.81 bits per heavy atom. The molecule has 0 aliphatic carbocycles. The van der Waals surface area contributed by atoms with Gasteiger partial charge in [0.2, 0.25) is 5.91 Å². The number of rotatable bonds is 4. The molecule has 0 aliphatic heterocycles. The summed E-state index contributed by atoms with van der Waals surface area (Å²) in [5, 5.41) is 4.37. The highest BCUT2D eigenvalue weighted by molar-refractivity contribution is 7.12. The molecular weight excluding hydrogens is 250 g/mol. The highest BCUT2D eigenvalue weighted by Gasteiger charge is 2.18. The van der Waals surface area contributed by atoms with Crippen molar-refractivity contribution < 1.29 is 14.3 Å². The first-order chi connectivity index (χ1) is 7.60. The predicted molar refractivity (Wildman–Crippen MR) is 64.4 cm³/mol. The quantitative estimate of drug-likeness (QED) is 0.669. The van der Waals surface area contributed by atoms with Crippen molar-refractivity contribution in [1.82, 2.24) is 0 Å². The van der Waals surface area contributed by atoms with E-state index in [1.807, 2.05) is 6.92 Å². The van der Waals surface area contributed by atoms with E-state index >= 15 is 0 Å². The van der Waals surface area contributed by atoms with Gasteiger partial charge in [0.1, 0.15) is 10.8 Å². The maximum Gasteiger partial charge on any atom is 0.350 e. The summed E-state index contributed by atoms with van der Waals surface area (Å²) in [5.74, 6) is -0.906. The Morgan fingerprint density at radius 1 is 1.56 bits per heavy atom. The molecule has 1 amide bonds. The van der Waals surface area contributed by atoms with Crippen LogP contribution >= 0.6 is 22.9 Å². The first-order valence-corrected chi connectivity index (χ1v) is 6.12. The van der Waals surface area contributed by atoms with E-state index in [1.165, 1.54) is 11.3 Å². The number of alkyl halides is 1. The molecular formula is C10H12ClNO3S. The van der Waals surface area contributed by atoms with Crippen LogP contribution in [0, 0.1) is 6.92 Å². The molecule has 1 rings (SSSR count). The number of carbonyl (C=O) groups is 2. The lowest BCUT2D eigenvalue weighted by Gasteiger charge is -2.06. The van der Waals surface area contributed by atoms with Crippen molar-refractivity contribution in [1.29, 1.82) is 0 Å². The van der Waals surface area contributed by atoms with Crippen LogP contribution in [0.4, 0.5) is 5.69 Å². The Balaban J connectivity index is 2.93. The monoisotopic (exact) mass is 261 g/mol. The van der Waals surface area contributed by atoms with Crippen molar-refractivity contribution in [2.24, 2.45) is 0 Å². The molecule has 0 unspecified atom stereocenters.